The summed E-state index contributed by atoms with van der Waals surface area (Å²) in [5.41, 5.74) is 0. The standard InChI is InChI=1S/C13H27NO/c1-10-5-4-6-13(8-7-10)14-11(2)9-12(3)15/h10-15H,4-9H2,1-3H3. The summed E-state index contributed by atoms with van der Waals surface area (Å²) < 4.78 is 0. The van der Waals surface area contributed by atoms with Crippen LogP contribution in [0.15, 0.2) is 0 Å². The van der Waals surface area contributed by atoms with Crippen LogP contribution in [0.25, 0.3) is 0 Å². The van der Waals surface area contributed by atoms with Crippen LogP contribution in [-0.2, 0) is 0 Å². The summed E-state index contributed by atoms with van der Waals surface area (Å²) in [5, 5.41) is 13.0. The molecule has 2 N–H and O–H groups in total. The van der Waals surface area contributed by atoms with Crippen LogP contribution in [0.4, 0.5) is 0 Å². The molecular weight excluding hydrogens is 186 g/mol. The van der Waals surface area contributed by atoms with E-state index in [1.165, 1.54) is 32.1 Å². The van der Waals surface area contributed by atoms with E-state index >= 15 is 0 Å². The molecule has 0 radical (unpaired) electrons. The molecule has 1 saturated carbocycles. The lowest BCUT2D eigenvalue weighted by Crippen LogP contribution is -2.37. The summed E-state index contributed by atoms with van der Waals surface area (Å²) in [5.74, 6) is 0.906. The number of nitrogens with one attached hydrogen (secondary N) is 1. The number of hydrogen-bond acceptors (Lipinski definition) is 2. The van der Waals surface area contributed by atoms with Gasteiger partial charge in [0.1, 0.15) is 0 Å². The average molecular weight is 213 g/mol. The van der Waals surface area contributed by atoms with E-state index in [2.05, 4.69) is 19.2 Å². The van der Waals surface area contributed by atoms with Gasteiger partial charge in [-0.1, -0.05) is 19.8 Å². The SMILES string of the molecule is CC(O)CC(C)NC1CCCC(C)CC1. The highest BCUT2D eigenvalue weighted by Crippen LogP contribution is 2.23. The van der Waals surface area contributed by atoms with Gasteiger partial charge in [0.05, 0.1) is 6.10 Å². The van der Waals surface area contributed by atoms with Gasteiger partial charge in [0, 0.05) is 12.1 Å². The third-order valence-corrected chi connectivity index (χ3v) is 3.47. The van der Waals surface area contributed by atoms with Gasteiger partial charge in [0.15, 0.2) is 0 Å². The van der Waals surface area contributed by atoms with Crippen LogP contribution in [0, 0.1) is 5.92 Å². The van der Waals surface area contributed by atoms with E-state index in [9.17, 15) is 5.11 Å². The third kappa shape index (κ3) is 5.53. The summed E-state index contributed by atoms with van der Waals surface area (Å²) >= 11 is 0. The van der Waals surface area contributed by atoms with Gasteiger partial charge >= 0.3 is 0 Å². The first-order chi connectivity index (χ1) is 7.08. The molecule has 0 aromatic rings. The second-order valence-corrected chi connectivity index (χ2v) is 5.46. The minimum Gasteiger partial charge on any atom is -0.393 e. The highest BCUT2D eigenvalue weighted by atomic mass is 16.3. The van der Waals surface area contributed by atoms with Gasteiger partial charge in [-0.15, -0.1) is 0 Å². The zero-order chi connectivity index (χ0) is 11.3. The molecule has 0 aromatic heterocycles. The Morgan fingerprint density at radius 1 is 1.20 bits per heavy atom. The Hall–Kier alpha value is -0.0800. The maximum absolute atomic E-state index is 9.31. The van der Waals surface area contributed by atoms with Crippen LogP contribution in [-0.4, -0.2) is 23.3 Å². The molecule has 1 rings (SSSR count). The molecule has 90 valence electrons. The van der Waals surface area contributed by atoms with Gasteiger partial charge in [-0.2, -0.15) is 0 Å². The minimum atomic E-state index is -0.183. The second-order valence-electron chi connectivity index (χ2n) is 5.46. The van der Waals surface area contributed by atoms with Crippen LogP contribution in [0.3, 0.4) is 0 Å². The van der Waals surface area contributed by atoms with Gasteiger partial charge in [0.2, 0.25) is 0 Å². The molecule has 4 unspecified atom stereocenters. The number of aliphatic hydroxyl groups excluding tert-OH is 1. The van der Waals surface area contributed by atoms with Crippen molar-refractivity contribution in [3.05, 3.63) is 0 Å². The van der Waals surface area contributed by atoms with Gasteiger partial charge in [-0.05, 0) is 45.4 Å². The average Bonchev–Trinajstić information content (AvgIpc) is 2.29. The number of hydrogen-bond donors (Lipinski definition) is 2. The predicted molar refractivity (Wildman–Crippen MR) is 64.9 cm³/mol. The largest absolute Gasteiger partial charge is 0.393 e. The molecule has 0 saturated heterocycles. The lowest BCUT2D eigenvalue weighted by Gasteiger charge is -2.23. The molecule has 0 aromatic carbocycles. The van der Waals surface area contributed by atoms with E-state index in [1.54, 1.807) is 0 Å². The fourth-order valence-electron chi connectivity index (χ4n) is 2.64. The molecule has 2 nitrogen and oxygen atoms in total. The molecule has 0 aliphatic heterocycles. The van der Waals surface area contributed by atoms with Crippen LogP contribution >= 0.6 is 0 Å². The lowest BCUT2D eigenvalue weighted by molar-refractivity contribution is 0.167. The smallest absolute Gasteiger partial charge is 0.0526 e. The number of rotatable bonds is 4. The second kappa shape index (κ2) is 6.49. The van der Waals surface area contributed by atoms with E-state index in [0.29, 0.717) is 12.1 Å². The van der Waals surface area contributed by atoms with Crippen molar-refractivity contribution < 1.29 is 5.11 Å². The first kappa shape index (κ1) is 13.0. The molecule has 0 amide bonds. The van der Waals surface area contributed by atoms with Crippen LogP contribution in [0.1, 0.15) is 59.3 Å². The monoisotopic (exact) mass is 213 g/mol. The maximum atomic E-state index is 9.31. The van der Waals surface area contributed by atoms with Crippen molar-refractivity contribution in [2.75, 3.05) is 0 Å². The lowest BCUT2D eigenvalue weighted by atomic mass is 10.0. The van der Waals surface area contributed by atoms with E-state index in [-0.39, 0.29) is 6.10 Å². The summed E-state index contributed by atoms with van der Waals surface area (Å²) in [7, 11) is 0. The topological polar surface area (TPSA) is 32.3 Å². The highest BCUT2D eigenvalue weighted by molar-refractivity contribution is 4.76. The Balaban J connectivity index is 2.24. The highest BCUT2D eigenvalue weighted by Gasteiger charge is 2.17. The van der Waals surface area contributed by atoms with E-state index in [4.69, 9.17) is 0 Å². The van der Waals surface area contributed by atoms with Gasteiger partial charge < -0.3 is 10.4 Å². The summed E-state index contributed by atoms with van der Waals surface area (Å²) in [6, 6.07) is 1.13. The Bertz CT molecular complexity index is 170. The predicted octanol–water partition coefficient (Wildman–Crippen LogP) is 2.70. The molecule has 2 heteroatoms. The Labute approximate surface area is 94.5 Å². The molecule has 4 atom stereocenters. The van der Waals surface area contributed by atoms with Crippen molar-refractivity contribution >= 4 is 0 Å². The summed E-state index contributed by atoms with van der Waals surface area (Å²) in [4.78, 5) is 0. The Kier molecular flexibility index (Phi) is 5.62. The van der Waals surface area contributed by atoms with Crippen molar-refractivity contribution in [1.82, 2.24) is 5.32 Å². The first-order valence-electron chi connectivity index (χ1n) is 6.52. The quantitative estimate of drug-likeness (QED) is 0.704. The molecule has 0 bridgehead atoms. The van der Waals surface area contributed by atoms with E-state index < -0.39 is 0 Å². The van der Waals surface area contributed by atoms with Crippen LogP contribution in [0.2, 0.25) is 0 Å². The van der Waals surface area contributed by atoms with Gasteiger partial charge in [0.25, 0.3) is 0 Å². The van der Waals surface area contributed by atoms with Crippen LogP contribution in [0.5, 0.6) is 0 Å². The molecule has 15 heavy (non-hydrogen) atoms. The normalized spacial score (nSPS) is 32.0. The van der Waals surface area contributed by atoms with E-state index in [0.717, 1.165) is 12.3 Å². The van der Waals surface area contributed by atoms with Crippen molar-refractivity contribution in [1.29, 1.82) is 0 Å². The third-order valence-electron chi connectivity index (χ3n) is 3.47. The minimum absolute atomic E-state index is 0.183. The van der Waals surface area contributed by atoms with Crippen molar-refractivity contribution in [3.63, 3.8) is 0 Å². The molecule has 1 fully saturated rings. The van der Waals surface area contributed by atoms with E-state index in [1.807, 2.05) is 6.92 Å². The maximum Gasteiger partial charge on any atom is 0.0526 e. The fourth-order valence-corrected chi connectivity index (χ4v) is 2.64. The number of aliphatic hydroxyl groups is 1. The molecular formula is C13H27NO. The summed E-state index contributed by atoms with van der Waals surface area (Å²) in [6.07, 6.45) is 7.42. The Morgan fingerprint density at radius 2 is 1.93 bits per heavy atom. The molecule has 0 heterocycles. The fraction of sp³-hybridized carbons (Fsp3) is 1.00. The zero-order valence-electron chi connectivity index (χ0n) is 10.5. The summed E-state index contributed by atoms with van der Waals surface area (Å²) in [6.45, 7) is 6.41. The first-order valence-corrected chi connectivity index (χ1v) is 6.52. The van der Waals surface area contributed by atoms with Crippen molar-refractivity contribution in [2.45, 2.75) is 77.5 Å². The Morgan fingerprint density at radius 3 is 2.60 bits per heavy atom. The molecule has 1 aliphatic rings. The molecule has 0 spiro atoms. The van der Waals surface area contributed by atoms with Crippen molar-refractivity contribution in [2.24, 2.45) is 5.92 Å². The van der Waals surface area contributed by atoms with Crippen LogP contribution < -0.4 is 5.32 Å². The zero-order valence-corrected chi connectivity index (χ0v) is 10.5. The molecule has 1 aliphatic carbocycles. The van der Waals surface area contributed by atoms with Gasteiger partial charge in [-0.3, -0.25) is 0 Å². The van der Waals surface area contributed by atoms with Crippen molar-refractivity contribution in [3.8, 4) is 0 Å². The van der Waals surface area contributed by atoms with Gasteiger partial charge in [-0.25, -0.2) is 0 Å².